The van der Waals surface area contributed by atoms with Crippen molar-refractivity contribution in [3.05, 3.63) is 58.6 Å². The number of aryl methyl sites for hydroxylation is 1. The molecule has 1 saturated carbocycles. The van der Waals surface area contributed by atoms with E-state index >= 15 is 0 Å². The molecule has 1 aliphatic rings. The zero-order valence-electron chi connectivity index (χ0n) is 20.0. The van der Waals surface area contributed by atoms with Crippen molar-refractivity contribution in [3.63, 3.8) is 0 Å². The molecule has 1 heterocycles. The van der Waals surface area contributed by atoms with Crippen molar-refractivity contribution >= 4 is 23.0 Å². The minimum atomic E-state index is -5.08. The predicted molar refractivity (Wildman–Crippen MR) is 128 cm³/mol. The largest absolute Gasteiger partial charge is 0.490 e. The number of alkyl halides is 3. The summed E-state index contributed by atoms with van der Waals surface area (Å²) in [7, 11) is 1.69. The maximum atomic E-state index is 12.4. The molecular weight excluding hydrogens is 491 g/mol. The van der Waals surface area contributed by atoms with Crippen LogP contribution in [0, 0.1) is 17.2 Å². The number of nitrogens with one attached hydrogen (secondary N) is 1. The number of aromatic nitrogens is 1. The lowest BCUT2D eigenvalue weighted by Crippen LogP contribution is -2.40. The van der Waals surface area contributed by atoms with Crippen LogP contribution in [0.1, 0.15) is 37.7 Å². The molecule has 1 aromatic heterocycles. The molecule has 1 atom stereocenters. The fourth-order valence-electron chi connectivity index (χ4n) is 4.16. The number of aliphatic carboxylic acids is 1. The van der Waals surface area contributed by atoms with Crippen molar-refractivity contribution < 1.29 is 32.3 Å². The Morgan fingerprint density at radius 1 is 1.14 bits per heavy atom. The summed E-state index contributed by atoms with van der Waals surface area (Å²) >= 11 is 0. The summed E-state index contributed by atoms with van der Waals surface area (Å²) in [5, 5.41) is 19.5. The molecule has 0 bridgehead atoms. The first-order valence-electron chi connectivity index (χ1n) is 11.7. The first-order chi connectivity index (χ1) is 17.5. The third-order valence-corrected chi connectivity index (χ3v) is 6.21. The van der Waals surface area contributed by atoms with Crippen LogP contribution >= 0.6 is 0 Å². The molecule has 1 unspecified atom stereocenters. The van der Waals surface area contributed by atoms with E-state index in [0.717, 1.165) is 47.9 Å². The van der Waals surface area contributed by atoms with Gasteiger partial charge in [0.05, 0.1) is 11.6 Å². The van der Waals surface area contributed by atoms with Crippen molar-refractivity contribution in [1.29, 1.82) is 5.26 Å². The van der Waals surface area contributed by atoms with Gasteiger partial charge in [-0.2, -0.15) is 18.4 Å². The average Bonchev–Trinajstić information content (AvgIpc) is 3.17. The van der Waals surface area contributed by atoms with Crippen LogP contribution < -0.4 is 11.1 Å². The molecule has 1 amide bonds. The Morgan fingerprint density at radius 2 is 1.73 bits per heavy atom. The van der Waals surface area contributed by atoms with Crippen molar-refractivity contribution in [1.82, 2.24) is 9.88 Å². The Balaban J connectivity index is 0.000000479. The summed E-state index contributed by atoms with van der Waals surface area (Å²) in [6, 6.07) is 15.3. The number of carboxylic acid groups (broad SMARTS) is 1. The average molecular weight is 518 g/mol. The molecule has 11 heteroatoms. The molecule has 0 saturated heterocycles. The second-order valence-corrected chi connectivity index (χ2v) is 8.84. The van der Waals surface area contributed by atoms with Crippen LogP contribution in [0.15, 0.2) is 51.7 Å². The SMILES string of the molecule is Cn1c(=O)oc2ccc(-c3ccc(CC(C#N)NC(=O)C4CCCCC4)cc3)cc21.O=C(O)C(F)(F)F. The second-order valence-electron chi connectivity index (χ2n) is 8.84. The zero-order valence-corrected chi connectivity index (χ0v) is 20.0. The highest BCUT2D eigenvalue weighted by Gasteiger charge is 2.38. The third-order valence-electron chi connectivity index (χ3n) is 6.21. The zero-order chi connectivity index (χ0) is 27.2. The van der Waals surface area contributed by atoms with Crippen molar-refractivity contribution in [2.75, 3.05) is 0 Å². The van der Waals surface area contributed by atoms with Crippen LogP contribution in [0.25, 0.3) is 22.2 Å². The van der Waals surface area contributed by atoms with E-state index in [1.807, 2.05) is 36.4 Å². The van der Waals surface area contributed by atoms with E-state index in [-0.39, 0.29) is 17.6 Å². The van der Waals surface area contributed by atoms with E-state index < -0.39 is 18.2 Å². The Labute approximate surface area is 210 Å². The van der Waals surface area contributed by atoms with E-state index in [1.165, 1.54) is 11.0 Å². The summed E-state index contributed by atoms with van der Waals surface area (Å²) in [4.78, 5) is 33.0. The Kier molecular flexibility index (Phi) is 8.76. The van der Waals surface area contributed by atoms with Gasteiger partial charge >= 0.3 is 17.9 Å². The number of oxazole rings is 1. The van der Waals surface area contributed by atoms with Gasteiger partial charge in [0.2, 0.25) is 5.91 Å². The molecule has 1 fully saturated rings. The van der Waals surface area contributed by atoms with Crippen LogP contribution in [0.4, 0.5) is 13.2 Å². The molecule has 2 aromatic carbocycles. The standard InChI is InChI=1S/C24H25N3O3.C2HF3O2/c1-27-21-14-19(11-12-22(21)30-24(27)29)17-9-7-16(8-10-17)13-20(15-25)26-23(28)18-5-3-2-4-6-18;3-2(4,5)1(6)7/h7-12,14,18,20H,2-6,13H2,1H3,(H,26,28);(H,6,7). The smallest absolute Gasteiger partial charge is 0.475 e. The van der Waals surface area contributed by atoms with Gasteiger partial charge in [0.1, 0.15) is 6.04 Å². The molecule has 196 valence electrons. The number of carboxylic acids is 1. The minimum absolute atomic E-state index is 0.0110. The summed E-state index contributed by atoms with van der Waals surface area (Å²) in [6.45, 7) is 0. The Morgan fingerprint density at radius 3 is 2.30 bits per heavy atom. The topological polar surface area (TPSA) is 125 Å². The highest BCUT2D eigenvalue weighted by Crippen LogP contribution is 2.25. The molecular formula is C26H26F3N3O5. The van der Waals surface area contributed by atoms with E-state index in [0.29, 0.717) is 12.0 Å². The number of fused-ring (bicyclic) bond motifs is 1. The fraction of sp³-hybridized carbons (Fsp3) is 0.385. The van der Waals surface area contributed by atoms with Crippen molar-refractivity contribution in [2.45, 2.75) is 50.7 Å². The highest BCUT2D eigenvalue weighted by atomic mass is 19.4. The number of nitrogens with zero attached hydrogens (tertiary/aromatic N) is 2. The minimum Gasteiger partial charge on any atom is -0.475 e. The predicted octanol–water partition coefficient (Wildman–Crippen LogP) is 4.56. The number of hydrogen-bond donors (Lipinski definition) is 2. The van der Waals surface area contributed by atoms with E-state index in [2.05, 4.69) is 11.4 Å². The Bertz CT molecular complexity index is 1350. The molecule has 8 nitrogen and oxygen atoms in total. The van der Waals surface area contributed by atoms with Crippen LogP contribution in [-0.4, -0.2) is 33.8 Å². The molecule has 37 heavy (non-hydrogen) atoms. The number of nitriles is 1. The van der Waals surface area contributed by atoms with Gasteiger partial charge < -0.3 is 14.8 Å². The lowest BCUT2D eigenvalue weighted by molar-refractivity contribution is -0.192. The lowest BCUT2D eigenvalue weighted by atomic mass is 9.88. The fourth-order valence-corrected chi connectivity index (χ4v) is 4.16. The van der Waals surface area contributed by atoms with Crippen LogP contribution in [0.2, 0.25) is 0 Å². The number of carbonyl (C=O) groups is 2. The number of rotatable bonds is 5. The quantitative estimate of drug-likeness (QED) is 0.511. The van der Waals surface area contributed by atoms with Gasteiger partial charge in [-0.3, -0.25) is 9.36 Å². The first-order valence-corrected chi connectivity index (χ1v) is 11.7. The molecule has 1 aliphatic carbocycles. The number of amides is 1. The van der Waals surface area contributed by atoms with Gasteiger partial charge in [-0.1, -0.05) is 49.6 Å². The van der Waals surface area contributed by atoms with Gasteiger partial charge in [0, 0.05) is 19.4 Å². The van der Waals surface area contributed by atoms with E-state index in [1.54, 1.807) is 13.1 Å². The van der Waals surface area contributed by atoms with Gasteiger partial charge in [-0.25, -0.2) is 9.59 Å². The van der Waals surface area contributed by atoms with E-state index in [4.69, 9.17) is 14.3 Å². The second kappa shape index (κ2) is 11.8. The maximum absolute atomic E-state index is 12.4. The summed E-state index contributed by atoms with van der Waals surface area (Å²) in [6.07, 6.45) is 0.619. The highest BCUT2D eigenvalue weighted by molar-refractivity contribution is 5.81. The summed E-state index contributed by atoms with van der Waals surface area (Å²) < 4.78 is 38.4. The number of hydrogen-bond acceptors (Lipinski definition) is 5. The van der Waals surface area contributed by atoms with Gasteiger partial charge in [-0.15, -0.1) is 0 Å². The van der Waals surface area contributed by atoms with Crippen molar-refractivity contribution in [3.8, 4) is 17.2 Å². The van der Waals surface area contributed by atoms with Crippen LogP contribution in [0.3, 0.4) is 0 Å². The first kappa shape index (κ1) is 27.5. The third kappa shape index (κ3) is 7.22. The number of benzene rings is 2. The number of halogens is 3. The molecule has 0 spiro atoms. The van der Waals surface area contributed by atoms with Crippen molar-refractivity contribution in [2.24, 2.45) is 13.0 Å². The van der Waals surface area contributed by atoms with Crippen LogP contribution in [0.5, 0.6) is 0 Å². The van der Waals surface area contributed by atoms with Gasteiger partial charge in [0.25, 0.3) is 0 Å². The molecule has 2 N–H and O–H groups in total. The summed E-state index contributed by atoms with van der Waals surface area (Å²) in [5.41, 5.74) is 4.29. The van der Waals surface area contributed by atoms with Crippen LogP contribution in [-0.2, 0) is 23.1 Å². The molecule has 0 aliphatic heterocycles. The molecule has 0 radical (unpaired) electrons. The lowest BCUT2D eigenvalue weighted by Gasteiger charge is -2.22. The Hall–Kier alpha value is -4.07. The summed E-state index contributed by atoms with van der Waals surface area (Å²) in [5.74, 6) is -3.08. The molecule has 4 rings (SSSR count). The normalized spacial score (nSPS) is 14.8. The molecule has 3 aromatic rings. The maximum Gasteiger partial charge on any atom is 0.490 e. The number of carbonyl (C=O) groups excluding carboxylic acids is 1. The van der Waals surface area contributed by atoms with Gasteiger partial charge in [0.15, 0.2) is 5.58 Å². The van der Waals surface area contributed by atoms with E-state index in [9.17, 15) is 28.0 Å². The monoisotopic (exact) mass is 517 g/mol. The van der Waals surface area contributed by atoms with Gasteiger partial charge in [-0.05, 0) is 41.7 Å².